The van der Waals surface area contributed by atoms with Crippen molar-refractivity contribution in [1.82, 2.24) is 14.5 Å². The molecule has 1 aromatic heterocycles. The van der Waals surface area contributed by atoms with Crippen molar-refractivity contribution in [2.45, 2.75) is 23.1 Å². The van der Waals surface area contributed by atoms with Crippen molar-refractivity contribution in [2.24, 2.45) is 0 Å². The highest BCUT2D eigenvalue weighted by Crippen LogP contribution is 2.20. The van der Waals surface area contributed by atoms with Crippen LogP contribution >= 0.6 is 23.1 Å². The van der Waals surface area contributed by atoms with Crippen LogP contribution in [0.3, 0.4) is 0 Å². The summed E-state index contributed by atoms with van der Waals surface area (Å²) in [5, 5.41) is 1.69. The molecule has 0 spiro atoms. The lowest BCUT2D eigenvalue weighted by Crippen LogP contribution is -2.48. The Bertz CT molecular complexity index is 697. The molecule has 1 aromatic rings. The molecular weight excluding hydrogens is 370 g/mol. The SMILES string of the molecule is O=C(CN1CCSC1=O)N1CCC(NS(=O)(=O)c2cccs2)CC1. The van der Waals surface area contributed by atoms with E-state index < -0.39 is 10.0 Å². The topological polar surface area (TPSA) is 86.8 Å². The first-order valence-electron chi connectivity index (χ1n) is 7.71. The molecule has 3 heterocycles. The second kappa shape index (κ2) is 7.42. The van der Waals surface area contributed by atoms with E-state index in [4.69, 9.17) is 0 Å². The molecule has 10 heteroatoms. The van der Waals surface area contributed by atoms with Crippen LogP contribution in [0.15, 0.2) is 21.7 Å². The van der Waals surface area contributed by atoms with Gasteiger partial charge in [-0.2, -0.15) is 0 Å². The van der Waals surface area contributed by atoms with Crippen LogP contribution in [0.5, 0.6) is 0 Å². The van der Waals surface area contributed by atoms with Crippen LogP contribution < -0.4 is 4.72 Å². The molecule has 0 aliphatic carbocycles. The molecule has 0 aromatic carbocycles. The number of rotatable bonds is 5. The number of likely N-dealkylation sites (tertiary alicyclic amines) is 1. The van der Waals surface area contributed by atoms with Crippen molar-refractivity contribution in [3.05, 3.63) is 17.5 Å². The molecule has 2 fully saturated rings. The van der Waals surface area contributed by atoms with Crippen LogP contribution in [0.2, 0.25) is 0 Å². The summed E-state index contributed by atoms with van der Waals surface area (Å²) in [5.74, 6) is 0.670. The number of sulfonamides is 1. The summed E-state index contributed by atoms with van der Waals surface area (Å²) in [6.45, 7) is 1.75. The average molecular weight is 390 g/mol. The number of carbonyl (C=O) groups excluding carboxylic acids is 2. The molecule has 1 N–H and O–H groups in total. The molecule has 0 saturated carbocycles. The Labute approximate surface area is 149 Å². The first kappa shape index (κ1) is 17.7. The number of hydrogen-bond acceptors (Lipinski definition) is 6. The highest BCUT2D eigenvalue weighted by Gasteiger charge is 2.29. The zero-order chi connectivity index (χ0) is 17.2. The minimum Gasteiger partial charge on any atom is -0.341 e. The van der Waals surface area contributed by atoms with E-state index in [9.17, 15) is 18.0 Å². The number of thioether (sulfide) groups is 1. The minimum atomic E-state index is -3.47. The number of amides is 2. The van der Waals surface area contributed by atoms with Crippen molar-refractivity contribution in [2.75, 3.05) is 31.9 Å². The number of piperidine rings is 1. The van der Waals surface area contributed by atoms with Gasteiger partial charge in [0.15, 0.2) is 0 Å². The van der Waals surface area contributed by atoms with Gasteiger partial charge in [0.1, 0.15) is 10.8 Å². The smallest absolute Gasteiger partial charge is 0.282 e. The van der Waals surface area contributed by atoms with E-state index in [2.05, 4.69) is 4.72 Å². The fraction of sp³-hybridized carbons (Fsp3) is 0.571. The third-order valence-corrected chi connectivity index (χ3v) is 7.91. The van der Waals surface area contributed by atoms with Gasteiger partial charge in [0.25, 0.3) is 5.24 Å². The van der Waals surface area contributed by atoms with E-state index in [1.54, 1.807) is 27.3 Å². The summed E-state index contributed by atoms with van der Waals surface area (Å²) in [5.41, 5.74) is 0. The van der Waals surface area contributed by atoms with Gasteiger partial charge in [-0.1, -0.05) is 17.8 Å². The number of hydrogen-bond donors (Lipinski definition) is 1. The lowest BCUT2D eigenvalue weighted by molar-refractivity contribution is -0.132. The van der Waals surface area contributed by atoms with Gasteiger partial charge < -0.3 is 9.80 Å². The standard InChI is InChI=1S/C14H19N3O4S3/c18-12(10-17-7-9-23-14(17)19)16-5-3-11(4-6-16)15-24(20,21)13-2-1-8-22-13/h1-2,8,11,15H,3-7,9-10H2. The van der Waals surface area contributed by atoms with E-state index in [0.717, 1.165) is 5.75 Å². The Morgan fingerprint density at radius 2 is 2.04 bits per heavy atom. The molecule has 24 heavy (non-hydrogen) atoms. The van der Waals surface area contributed by atoms with Crippen LogP contribution in [0.25, 0.3) is 0 Å². The monoisotopic (exact) mass is 389 g/mol. The zero-order valence-electron chi connectivity index (χ0n) is 13.0. The highest BCUT2D eigenvalue weighted by atomic mass is 32.2. The van der Waals surface area contributed by atoms with Gasteiger partial charge in [0, 0.05) is 31.4 Å². The fourth-order valence-electron chi connectivity index (χ4n) is 2.77. The maximum atomic E-state index is 12.3. The van der Waals surface area contributed by atoms with E-state index in [1.165, 1.54) is 23.1 Å². The van der Waals surface area contributed by atoms with E-state index in [-0.39, 0.29) is 23.7 Å². The molecule has 3 rings (SSSR count). The van der Waals surface area contributed by atoms with Gasteiger partial charge in [-0.15, -0.1) is 11.3 Å². The molecule has 2 aliphatic rings. The third-order valence-electron chi connectivity index (χ3n) is 4.10. The molecule has 0 radical (unpaired) electrons. The van der Waals surface area contributed by atoms with Crippen molar-refractivity contribution in [3.8, 4) is 0 Å². The molecule has 2 aliphatic heterocycles. The maximum absolute atomic E-state index is 12.3. The summed E-state index contributed by atoms with van der Waals surface area (Å²) in [7, 11) is -3.47. The Balaban J connectivity index is 1.49. The normalized spacial score (nSPS) is 19.9. The largest absolute Gasteiger partial charge is 0.341 e. The summed E-state index contributed by atoms with van der Waals surface area (Å²) in [6.07, 6.45) is 1.16. The quantitative estimate of drug-likeness (QED) is 0.817. The predicted octanol–water partition coefficient (Wildman–Crippen LogP) is 1.19. The average Bonchev–Trinajstić information content (AvgIpc) is 3.20. The summed E-state index contributed by atoms with van der Waals surface area (Å²) in [4.78, 5) is 27.1. The van der Waals surface area contributed by atoms with E-state index in [1.807, 2.05) is 0 Å². The van der Waals surface area contributed by atoms with E-state index >= 15 is 0 Å². The molecule has 132 valence electrons. The zero-order valence-corrected chi connectivity index (χ0v) is 15.5. The van der Waals surface area contributed by atoms with E-state index in [0.29, 0.717) is 36.7 Å². The van der Waals surface area contributed by atoms with Crippen LogP contribution in [-0.2, 0) is 14.8 Å². The van der Waals surface area contributed by atoms with Gasteiger partial charge in [-0.3, -0.25) is 9.59 Å². The van der Waals surface area contributed by atoms with Crippen LogP contribution in [-0.4, -0.2) is 67.3 Å². The highest BCUT2D eigenvalue weighted by molar-refractivity contribution is 8.13. The number of carbonyl (C=O) groups is 2. The predicted molar refractivity (Wildman–Crippen MR) is 93.7 cm³/mol. The van der Waals surface area contributed by atoms with Crippen LogP contribution in [0.4, 0.5) is 4.79 Å². The maximum Gasteiger partial charge on any atom is 0.282 e. The minimum absolute atomic E-state index is 0.0399. The van der Waals surface area contributed by atoms with Gasteiger partial charge in [-0.05, 0) is 24.3 Å². The van der Waals surface area contributed by atoms with Crippen molar-refractivity contribution in [3.63, 3.8) is 0 Å². The first-order valence-corrected chi connectivity index (χ1v) is 11.1. The molecule has 0 atom stereocenters. The first-order chi connectivity index (χ1) is 11.5. The lowest BCUT2D eigenvalue weighted by Gasteiger charge is -2.33. The second-order valence-corrected chi connectivity index (χ2v) is 9.68. The third kappa shape index (κ3) is 4.11. The Kier molecular flexibility index (Phi) is 5.48. The fourth-order valence-corrected chi connectivity index (χ4v) is 5.91. The van der Waals surface area contributed by atoms with Gasteiger partial charge in [0.2, 0.25) is 15.9 Å². The van der Waals surface area contributed by atoms with Crippen molar-refractivity contribution >= 4 is 44.3 Å². The van der Waals surface area contributed by atoms with Crippen molar-refractivity contribution < 1.29 is 18.0 Å². The summed E-state index contributed by atoms with van der Waals surface area (Å²) < 4.78 is 27.5. The molecule has 2 saturated heterocycles. The molecule has 7 nitrogen and oxygen atoms in total. The van der Waals surface area contributed by atoms with Gasteiger partial charge in [-0.25, -0.2) is 13.1 Å². The molecule has 2 amide bonds. The van der Waals surface area contributed by atoms with Crippen LogP contribution in [0.1, 0.15) is 12.8 Å². The van der Waals surface area contributed by atoms with Gasteiger partial charge >= 0.3 is 0 Å². The Morgan fingerprint density at radius 3 is 2.62 bits per heavy atom. The second-order valence-electron chi connectivity index (χ2n) is 5.74. The van der Waals surface area contributed by atoms with Crippen LogP contribution in [0, 0.1) is 0 Å². The molecule has 0 bridgehead atoms. The summed E-state index contributed by atoms with van der Waals surface area (Å²) in [6, 6.07) is 3.12. The number of nitrogens with zero attached hydrogens (tertiary/aromatic N) is 2. The number of thiophene rings is 1. The Morgan fingerprint density at radius 1 is 1.29 bits per heavy atom. The number of nitrogens with one attached hydrogen (secondary N) is 1. The van der Waals surface area contributed by atoms with Gasteiger partial charge in [0.05, 0.1) is 0 Å². The summed E-state index contributed by atoms with van der Waals surface area (Å²) >= 11 is 2.43. The molecule has 0 unspecified atom stereocenters. The Hall–Kier alpha value is -1.10. The van der Waals surface area contributed by atoms with Crippen molar-refractivity contribution in [1.29, 1.82) is 0 Å². The molecular formula is C14H19N3O4S3. The lowest BCUT2D eigenvalue weighted by atomic mass is 10.1.